The molecule has 9 heteroatoms. The molecule has 1 amide bonds. The molecule has 28 heavy (non-hydrogen) atoms. The monoisotopic (exact) mass is 406 g/mol. The maximum atomic E-state index is 13.1. The van der Waals surface area contributed by atoms with Crippen LogP contribution in [0.5, 0.6) is 0 Å². The molecule has 0 bridgehead atoms. The van der Waals surface area contributed by atoms with Gasteiger partial charge in [0.1, 0.15) is 10.7 Å². The summed E-state index contributed by atoms with van der Waals surface area (Å²) in [5.74, 6) is -0.642. The molecule has 1 heterocycles. The highest BCUT2D eigenvalue weighted by atomic mass is 32.2. The van der Waals surface area contributed by atoms with Gasteiger partial charge in [-0.1, -0.05) is 6.92 Å². The van der Waals surface area contributed by atoms with E-state index in [0.717, 1.165) is 49.2 Å². The van der Waals surface area contributed by atoms with Crippen LogP contribution in [0.4, 0.5) is 10.1 Å². The molecule has 1 fully saturated rings. The number of hydrogen-bond donors (Lipinski definition) is 0. The fourth-order valence-electron chi connectivity index (χ4n) is 3.32. The molecule has 0 aliphatic carbocycles. The third kappa shape index (κ3) is 3.89. The van der Waals surface area contributed by atoms with Crippen molar-refractivity contribution in [2.45, 2.75) is 29.6 Å². The lowest BCUT2D eigenvalue weighted by Gasteiger charge is -2.31. The standard InChI is InChI=1S/C19H19FN2O5S/c1-13-3-2-10-21(12-13)19(23)14-4-9-18(17(11-14)22(24)25)28(26,27)16-7-5-15(20)6-8-16/h4-9,11,13H,2-3,10,12H2,1H3/t13-/m0/s1. The molecule has 1 aliphatic rings. The maximum Gasteiger partial charge on any atom is 0.289 e. The SMILES string of the molecule is C[C@H]1CCCN(C(=O)c2ccc(S(=O)(=O)c3ccc(F)cc3)c([N+](=O)[O-])c2)C1. The highest BCUT2D eigenvalue weighted by molar-refractivity contribution is 7.91. The average molecular weight is 406 g/mol. The summed E-state index contributed by atoms with van der Waals surface area (Å²) >= 11 is 0. The van der Waals surface area contributed by atoms with Crippen molar-refractivity contribution in [2.75, 3.05) is 13.1 Å². The number of hydrogen-bond acceptors (Lipinski definition) is 5. The summed E-state index contributed by atoms with van der Waals surface area (Å²) in [4.78, 5) is 24.2. The van der Waals surface area contributed by atoms with Crippen LogP contribution in [0.3, 0.4) is 0 Å². The van der Waals surface area contributed by atoms with Crippen LogP contribution < -0.4 is 0 Å². The number of rotatable bonds is 4. The van der Waals surface area contributed by atoms with Crippen molar-refractivity contribution in [2.24, 2.45) is 5.92 Å². The first-order chi connectivity index (χ1) is 13.2. The zero-order valence-corrected chi connectivity index (χ0v) is 16.0. The van der Waals surface area contributed by atoms with Gasteiger partial charge in [0.2, 0.25) is 9.84 Å². The molecule has 7 nitrogen and oxygen atoms in total. The maximum absolute atomic E-state index is 13.1. The fraction of sp³-hybridized carbons (Fsp3) is 0.316. The van der Waals surface area contributed by atoms with Crippen LogP contribution >= 0.6 is 0 Å². The van der Waals surface area contributed by atoms with Crippen molar-refractivity contribution in [1.29, 1.82) is 0 Å². The Bertz CT molecular complexity index is 1020. The third-order valence-corrected chi connectivity index (χ3v) is 6.58. The van der Waals surface area contributed by atoms with Crippen molar-refractivity contribution in [1.82, 2.24) is 4.90 Å². The Morgan fingerprint density at radius 2 is 1.89 bits per heavy atom. The number of piperidine rings is 1. The molecule has 1 aliphatic heterocycles. The van der Waals surface area contributed by atoms with Crippen molar-refractivity contribution < 1.29 is 22.5 Å². The number of likely N-dealkylation sites (tertiary alicyclic amines) is 1. The highest BCUT2D eigenvalue weighted by Crippen LogP contribution is 2.31. The third-order valence-electron chi connectivity index (χ3n) is 4.76. The molecule has 148 valence electrons. The molecule has 1 saturated heterocycles. The zero-order chi connectivity index (χ0) is 20.5. The van der Waals surface area contributed by atoms with Gasteiger partial charge in [-0.3, -0.25) is 14.9 Å². The number of halogens is 1. The van der Waals surface area contributed by atoms with E-state index in [1.54, 1.807) is 4.90 Å². The second-order valence-electron chi connectivity index (χ2n) is 6.90. The van der Waals surface area contributed by atoms with E-state index >= 15 is 0 Å². The largest absolute Gasteiger partial charge is 0.338 e. The van der Waals surface area contributed by atoms with Gasteiger partial charge < -0.3 is 4.90 Å². The van der Waals surface area contributed by atoms with Gasteiger partial charge >= 0.3 is 0 Å². The summed E-state index contributed by atoms with van der Waals surface area (Å²) in [6.45, 7) is 3.15. The van der Waals surface area contributed by atoms with Crippen molar-refractivity contribution >= 4 is 21.4 Å². The van der Waals surface area contributed by atoms with E-state index in [0.29, 0.717) is 19.0 Å². The van der Waals surface area contributed by atoms with E-state index in [9.17, 15) is 27.7 Å². The normalized spacial score (nSPS) is 17.4. The lowest BCUT2D eigenvalue weighted by molar-refractivity contribution is -0.387. The molecular formula is C19H19FN2O5S. The van der Waals surface area contributed by atoms with E-state index < -0.39 is 31.2 Å². The average Bonchev–Trinajstić information content (AvgIpc) is 2.67. The van der Waals surface area contributed by atoms with Gasteiger partial charge in [0, 0.05) is 24.7 Å². The number of benzene rings is 2. The molecule has 0 spiro atoms. The van der Waals surface area contributed by atoms with Gasteiger partial charge in [-0.25, -0.2) is 12.8 Å². The van der Waals surface area contributed by atoms with Gasteiger partial charge in [-0.05, 0) is 55.2 Å². The first-order valence-corrected chi connectivity index (χ1v) is 10.3. The molecule has 2 aromatic carbocycles. The van der Waals surface area contributed by atoms with Crippen LogP contribution in [0.15, 0.2) is 52.3 Å². The van der Waals surface area contributed by atoms with Crippen molar-refractivity contribution in [3.05, 3.63) is 64.0 Å². The molecule has 3 rings (SSSR count). The first-order valence-electron chi connectivity index (χ1n) is 8.78. The zero-order valence-electron chi connectivity index (χ0n) is 15.2. The van der Waals surface area contributed by atoms with E-state index in [1.807, 2.05) is 6.92 Å². The number of amides is 1. The molecule has 0 unspecified atom stereocenters. The second-order valence-corrected chi connectivity index (χ2v) is 8.81. The minimum atomic E-state index is -4.24. The summed E-state index contributed by atoms with van der Waals surface area (Å²) in [5.41, 5.74) is -0.612. The van der Waals surface area contributed by atoms with Gasteiger partial charge in [0.15, 0.2) is 0 Å². The molecule has 0 radical (unpaired) electrons. The van der Waals surface area contributed by atoms with Crippen molar-refractivity contribution in [3.63, 3.8) is 0 Å². The predicted molar refractivity (Wildman–Crippen MR) is 99.2 cm³/mol. The summed E-state index contributed by atoms with van der Waals surface area (Å²) in [5, 5.41) is 11.5. The van der Waals surface area contributed by atoms with Crippen LogP contribution in [0.2, 0.25) is 0 Å². The van der Waals surface area contributed by atoms with Gasteiger partial charge in [-0.2, -0.15) is 0 Å². The fourth-order valence-corrected chi connectivity index (χ4v) is 4.72. The number of sulfone groups is 1. The molecule has 0 saturated carbocycles. The molecular weight excluding hydrogens is 387 g/mol. The predicted octanol–water partition coefficient (Wildman–Crippen LogP) is 3.44. The Balaban J connectivity index is 2.01. The number of carbonyl (C=O) groups excluding carboxylic acids is 1. The van der Waals surface area contributed by atoms with E-state index in [-0.39, 0.29) is 16.4 Å². The van der Waals surface area contributed by atoms with Crippen LogP contribution in [-0.2, 0) is 9.84 Å². The summed E-state index contributed by atoms with van der Waals surface area (Å²) in [7, 11) is -4.24. The Morgan fingerprint density at radius 1 is 1.21 bits per heavy atom. The molecule has 0 aromatic heterocycles. The summed E-state index contributed by atoms with van der Waals surface area (Å²) in [6.07, 6.45) is 1.87. The minimum absolute atomic E-state index is 0.0684. The Kier molecular flexibility index (Phi) is 5.46. The smallest absolute Gasteiger partial charge is 0.289 e. The van der Waals surface area contributed by atoms with Crippen LogP contribution in [0.1, 0.15) is 30.1 Å². The lowest BCUT2D eigenvalue weighted by atomic mass is 9.99. The lowest BCUT2D eigenvalue weighted by Crippen LogP contribution is -2.39. The molecule has 2 aromatic rings. The Hall–Kier alpha value is -2.81. The highest BCUT2D eigenvalue weighted by Gasteiger charge is 2.30. The number of nitro benzene ring substituents is 1. The Labute approximate surface area is 161 Å². The van der Waals surface area contributed by atoms with Crippen molar-refractivity contribution in [3.8, 4) is 0 Å². The number of nitro groups is 1. The second kappa shape index (κ2) is 7.67. The minimum Gasteiger partial charge on any atom is -0.338 e. The topological polar surface area (TPSA) is 97.6 Å². The molecule has 1 atom stereocenters. The first kappa shape index (κ1) is 19.9. The van der Waals surface area contributed by atoms with Gasteiger partial charge in [0.25, 0.3) is 11.6 Å². The Morgan fingerprint density at radius 3 is 2.50 bits per heavy atom. The van der Waals surface area contributed by atoms with Crippen LogP contribution in [0.25, 0.3) is 0 Å². The number of carbonyl (C=O) groups is 1. The molecule has 0 N–H and O–H groups in total. The van der Waals surface area contributed by atoms with Gasteiger partial charge in [-0.15, -0.1) is 0 Å². The van der Waals surface area contributed by atoms with Gasteiger partial charge in [0.05, 0.1) is 9.82 Å². The van der Waals surface area contributed by atoms with Crippen LogP contribution in [0, 0.1) is 21.8 Å². The van der Waals surface area contributed by atoms with E-state index in [1.165, 1.54) is 6.07 Å². The van der Waals surface area contributed by atoms with E-state index in [4.69, 9.17) is 0 Å². The number of nitrogens with zero attached hydrogens (tertiary/aromatic N) is 2. The van der Waals surface area contributed by atoms with E-state index in [2.05, 4.69) is 0 Å². The van der Waals surface area contributed by atoms with Crippen LogP contribution in [-0.4, -0.2) is 37.2 Å². The summed E-state index contributed by atoms with van der Waals surface area (Å²) < 4.78 is 38.6. The quantitative estimate of drug-likeness (QED) is 0.440. The summed E-state index contributed by atoms with van der Waals surface area (Å²) in [6, 6.07) is 7.37.